The van der Waals surface area contributed by atoms with Gasteiger partial charge >= 0.3 is 12.1 Å². The normalized spacial score (nSPS) is 17.1. The molecule has 0 aromatic rings. The number of hydrogen-bond donors (Lipinski definition) is 1. The van der Waals surface area contributed by atoms with Crippen LogP contribution in [-0.2, 0) is 9.53 Å². The first-order valence-corrected chi connectivity index (χ1v) is 4.43. The Bertz CT molecular complexity index is 228. The molecule has 90 valence electrons. The van der Waals surface area contributed by atoms with Crippen LogP contribution in [0.25, 0.3) is 0 Å². The Hall–Kier alpha value is -0.780. The minimum absolute atomic E-state index is 0.905. The Kier molecular flexibility index (Phi) is 4.16. The summed E-state index contributed by atoms with van der Waals surface area (Å²) in [5.74, 6) is -3.94. The van der Waals surface area contributed by atoms with E-state index in [1.165, 1.54) is 20.8 Å². The van der Waals surface area contributed by atoms with Gasteiger partial charge in [0.05, 0.1) is 6.10 Å². The van der Waals surface area contributed by atoms with E-state index in [4.69, 9.17) is 5.11 Å². The van der Waals surface area contributed by atoms with Crippen LogP contribution in [0, 0.1) is 5.92 Å². The fourth-order valence-corrected chi connectivity index (χ4v) is 0.969. The lowest BCUT2D eigenvalue weighted by molar-refractivity contribution is -0.218. The molecule has 0 amide bonds. The Morgan fingerprint density at radius 1 is 1.27 bits per heavy atom. The second kappa shape index (κ2) is 4.38. The van der Waals surface area contributed by atoms with Crippen molar-refractivity contribution in [3.63, 3.8) is 0 Å². The maximum Gasteiger partial charge on any atom is 0.404 e. The highest BCUT2D eigenvalue weighted by atomic mass is 19.4. The lowest BCUT2D eigenvalue weighted by Crippen LogP contribution is -2.42. The predicted octanol–water partition coefficient (Wildman–Crippen LogP) is 1.89. The van der Waals surface area contributed by atoms with Crippen LogP contribution in [0.3, 0.4) is 0 Å². The van der Waals surface area contributed by atoms with Gasteiger partial charge in [-0.25, -0.2) is 0 Å². The third-order valence-corrected chi connectivity index (χ3v) is 1.50. The lowest BCUT2D eigenvalue weighted by atomic mass is 10.0. The number of aliphatic hydroxyl groups excluding tert-OH is 1. The van der Waals surface area contributed by atoms with Gasteiger partial charge < -0.3 is 9.84 Å². The summed E-state index contributed by atoms with van der Waals surface area (Å²) in [6, 6.07) is 0. The van der Waals surface area contributed by atoms with Crippen molar-refractivity contribution in [2.75, 3.05) is 0 Å². The highest BCUT2D eigenvalue weighted by Crippen LogP contribution is 2.31. The molecule has 0 aromatic carbocycles. The van der Waals surface area contributed by atoms with Crippen LogP contribution in [0.5, 0.6) is 0 Å². The number of alkyl halides is 3. The van der Waals surface area contributed by atoms with E-state index in [0.29, 0.717) is 0 Å². The van der Waals surface area contributed by atoms with Crippen molar-refractivity contribution in [2.45, 2.75) is 45.6 Å². The van der Waals surface area contributed by atoms with E-state index in [1.54, 1.807) is 0 Å². The number of rotatable bonds is 2. The van der Waals surface area contributed by atoms with E-state index in [1.807, 2.05) is 0 Å². The Morgan fingerprint density at radius 3 is 1.87 bits per heavy atom. The molecule has 0 heterocycles. The summed E-state index contributed by atoms with van der Waals surface area (Å²) in [7, 11) is 0. The van der Waals surface area contributed by atoms with E-state index < -0.39 is 29.8 Å². The van der Waals surface area contributed by atoms with Gasteiger partial charge in [-0.2, -0.15) is 13.2 Å². The van der Waals surface area contributed by atoms with Crippen molar-refractivity contribution in [1.29, 1.82) is 0 Å². The average molecular weight is 228 g/mol. The molecule has 0 fully saturated rings. The number of hydrogen-bond acceptors (Lipinski definition) is 3. The summed E-state index contributed by atoms with van der Waals surface area (Å²) in [4.78, 5) is 11.1. The van der Waals surface area contributed by atoms with Crippen molar-refractivity contribution >= 4 is 5.97 Å². The predicted molar refractivity (Wildman–Crippen MR) is 47.1 cm³/mol. The number of carbonyl (C=O) groups excluding carboxylic acids is 1. The first-order chi connectivity index (χ1) is 6.45. The standard InChI is InChI=1S/C9H15F3O3/c1-5(13)6(9(10,11)12)7(14)15-8(2,3)4/h5-6,13H,1-4H3/t5-,6-/m1/s1. The van der Waals surface area contributed by atoms with Crippen LogP contribution in [0.4, 0.5) is 13.2 Å². The van der Waals surface area contributed by atoms with Gasteiger partial charge in [-0.1, -0.05) is 0 Å². The van der Waals surface area contributed by atoms with E-state index in [2.05, 4.69) is 4.74 Å². The van der Waals surface area contributed by atoms with Gasteiger partial charge in [0.15, 0.2) is 5.92 Å². The van der Waals surface area contributed by atoms with Crippen molar-refractivity contribution in [2.24, 2.45) is 5.92 Å². The summed E-state index contributed by atoms with van der Waals surface area (Å²) < 4.78 is 41.6. The van der Waals surface area contributed by atoms with Gasteiger partial charge in [-0.3, -0.25) is 4.79 Å². The molecular formula is C9H15F3O3. The fraction of sp³-hybridized carbons (Fsp3) is 0.889. The van der Waals surface area contributed by atoms with Crippen LogP contribution < -0.4 is 0 Å². The van der Waals surface area contributed by atoms with Crippen molar-refractivity contribution in [1.82, 2.24) is 0 Å². The largest absolute Gasteiger partial charge is 0.459 e. The average Bonchev–Trinajstić information content (AvgIpc) is 1.74. The lowest BCUT2D eigenvalue weighted by Gasteiger charge is -2.26. The second-order valence-electron chi connectivity index (χ2n) is 4.29. The summed E-state index contributed by atoms with van der Waals surface area (Å²) in [6.07, 6.45) is -6.61. The van der Waals surface area contributed by atoms with Gasteiger partial charge in [0.1, 0.15) is 5.60 Å². The number of ether oxygens (including phenoxy) is 1. The fourth-order valence-electron chi connectivity index (χ4n) is 0.969. The van der Waals surface area contributed by atoms with Crippen LogP contribution in [-0.4, -0.2) is 29.0 Å². The zero-order valence-electron chi connectivity index (χ0n) is 9.05. The van der Waals surface area contributed by atoms with Crippen molar-refractivity contribution < 1.29 is 27.8 Å². The van der Waals surface area contributed by atoms with E-state index in [-0.39, 0.29) is 0 Å². The van der Waals surface area contributed by atoms with E-state index in [0.717, 1.165) is 6.92 Å². The first-order valence-electron chi connectivity index (χ1n) is 4.43. The Balaban J connectivity index is 4.74. The van der Waals surface area contributed by atoms with E-state index >= 15 is 0 Å². The number of halogens is 3. The van der Waals surface area contributed by atoms with Crippen molar-refractivity contribution in [3.8, 4) is 0 Å². The molecule has 0 saturated heterocycles. The molecule has 0 spiro atoms. The van der Waals surface area contributed by atoms with Gasteiger partial charge in [0.25, 0.3) is 0 Å². The van der Waals surface area contributed by atoms with Crippen LogP contribution in [0.2, 0.25) is 0 Å². The molecule has 0 aromatic heterocycles. The third-order valence-electron chi connectivity index (χ3n) is 1.50. The molecule has 2 atom stereocenters. The zero-order valence-corrected chi connectivity index (χ0v) is 9.05. The molecule has 15 heavy (non-hydrogen) atoms. The second-order valence-corrected chi connectivity index (χ2v) is 4.29. The molecule has 0 saturated carbocycles. The molecular weight excluding hydrogens is 213 g/mol. The van der Waals surface area contributed by atoms with E-state index in [9.17, 15) is 18.0 Å². The summed E-state index contributed by atoms with van der Waals surface area (Å²) in [5.41, 5.74) is -1.00. The molecule has 1 N–H and O–H groups in total. The topological polar surface area (TPSA) is 46.5 Å². The van der Waals surface area contributed by atoms with Gasteiger partial charge in [0.2, 0.25) is 0 Å². The van der Waals surface area contributed by atoms with Gasteiger partial charge in [0, 0.05) is 0 Å². The number of carbonyl (C=O) groups is 1. The molecule has 0 unspecified atom stereocenters. The molecule has 0 bridgehead atoms. The number of esters is 1. The smallest absolute Gasteiger partial charge is 0.404 e. The summed E-state index contributed by atoms with van der Waals surface area (Å²) >= 11 is 0. The quantitative estimate of drug-likeness (QED) is 0.734. The minimum Gasteiger partial charge on any atom is -0.459 e. The highest BCUT2D eigenvalue weighted by molar-refractivity contribution is 5.74. The molecule has 3 nitrogen and oxygen atoms in total. The highest BCUT2D eigenvalue weighted by Gasteiger charge is 2.49. The van der Waals surface area contributed by atoms with Crippen LogP contribution in [0.1, 0.15) is 27.7 Å². The zero-order chi connectivity index (χ0) is 12.4. The molecule has 6 heteroatoms. The summed E-state index contributed by atoms with van der Waals surface area (Å²) in [5, 5.41) is 8.89. The van der Waals surface area contributed by atoms with Gasteiger partial charge in [-0.05, 0) is 27.7 Å². The minimum atomic E-state index is -4.80. The molecule has 0 rings (SSSR count). The summed E-state index contributed by atoms with van der Waals surface area (Å²) in [6.45, 7) is 5.28. The molecule has 0 aliphatic rings. The SMILES string of the molecule is C[C@@H](O)[C@H](C(=O)OC(C)(C)C)C(F)(F)F. The van der Waals surface area contributed by atoms with Gasteiger partial charge in [-0.15, -0.1) is 0 Å². The van der Waals surface area contributed by atoms with Crippen LogP contribution in [0.15, 0.2) is 0 Å². The van der Waals surface area contributed by atoms with Crippen LogP contribution >= 0.6 is 0 Å². The first kappa shape index (κ1) is 14.2. The monoisotopic (exact) mass is 228 g/mol. The third kappa shape index (κ3) is 5.01. The Labute approximate surface area is 86.2 Å². The molecule has 0 aliphatic carbocycles. The maximum absolute atomic E-state index is 12.3. The maximum atomic E-state index is 12.3. The number of aliphatic hydroxyl groups is 1. The molecule has 0 aliphatic heterocycles. The Morgan fingerprint density at radius 2 is 1.67 bits per heavy atom. The van der Waals surface area contributed by atoms with Crippen molar-refractivity contribution in [3.05, 3.63) is 0 Å². The molecule has 0 radical (unpaired) electrons.